The summed E-state index contributed by atoms with van der Waals surface area (Å²) in [4.78, 5) is 30.3. The molecule has 1 aromatic heterocycles. The number of aromatic nitrogens is 1. The lowest BCUT2D eigenvalue weighted by Crippen LogP contribution is -2.52. The van der Waals surface area contributed by atoms with Crippen molar-refractivity contribution in [2.24, 2.45) is 0 Å². The lowest BCUT2D eigenvalue weighted by atomic mass is 10.0. The van der Waals surface area contributed by atoms with E-state index in [1.807, 2.05) is 23.6 Å². The summed E-state index contributed by atoms with van der Waals surface area (Å²) in [6.45, 7) is 0.659. The molecule has 1 fully saturated rings. The van der Waals surface area contributed by atoms with Crippen LogP contribution in [0.4, 0.5) is 5.69 Å². The van der Waals surface area contributed by atoms with Crippen molar-refractivity contribution in [3.8, 4) is 0 Å². The van der Waals surface area contributed by atoms with Crippen LogP contribution in [0.3, 0.4) is 0 Å². The van der Waals surface area contributed by atoms with E-state index in [1.54, 1.807) is 18.3 Å². The molecule has 0 spiro atoms. The van der Waals surface area contributed by atoms with E-state index in [4.69, 9.17) is 0 Å². The highest BCUT2D eigenvalue weighted by Crippen LogP contribution is 2.28. The minimum Gasteiger partial charge on any atom is -0.372 e. The Kier molecular flexibility index (Phi) is 4.40. The highest BCUT2D eigenvalue weighted by Gasteiger charge is 2.51. The summed E-state index contributed by atoms with van der Waals surface area (Å²) in [6, 6.07) is 9.04. The van der Waals surface area contributed by atoms with Crippen molar-refractivity contribution < 1.29 is 14.7 Å². The lowest BCUT2D eigenvalue weighted by Gasteiger charge is -2.21. The van der Waals surface area contributed by atoms with Crippen molar-refractivity contribution in [2.45, 2.75) is 18.4 Å². The van der Waals surface area contributed by atoms with Crippen molar-refractivity contribution in [3.63, 3.8) is 0 Å². The highest BCUT2D eigenvalue weighted by atomic mass is 32.1. The van der Waals surface area contributed by atoms with Crippen LogP contribution in [0.2, 0.25) is 0 Å². The Morgan fingerprint density at radius 2 is 2.17 bits per heavy atom. The third-order valence-electron chi connectivity index (χ3n) is 3.85. The van der Waals surface area contributed by atoms with Crippen LogP contribution in [0.5, 0.6) is 0 Å². The highest BCUT2D eigenvalue weighted by molar-refractivity contribution is 7.09. The Balaban J connectivity index is 1.62. The number of hydrogen-bond acceptors (Lipinski definition) is 5. The zero-order valence-electron chi connectivity index (χ0n) is 12.4. The normalized spacial score (nSPS) is 20.7. The maximum atomic E-state index is 12.5. The van der Waals surface area contributed by atoms with Crippen molar-refractivity contribution in [1.29, 1.82) is 0 Å². The molecule has 2 amide bonds. The van der Waals surface area contributed by atoms with Crippen LogP contribution in [0.1, 0.15) is 11.4 Å². The second kappa shape index (κ2) is 6.47. The molecule has 2 heterocycles. The van der Waals surface area contributed by atoms with Crippen LogP contribution in [0.15, 0.2) is 41.9 Å². The molecule has 1 atom stereocenters. The summed E-state index contributed by atoms with van der Waals surface area (Å²) in [5, 5.41) is 15.9. The smallest absolute Gasteiger partial charge is 0.268 e. The number of amides is 2. The van der Waals surface area contributed by atoms with E-state index in [-0.39, 0.29) is 6.42 Å². The summed E-state index contributed by atoms with van der Waals surface area (Å²) in [5.41, 5.74) is -1.30. The van der Waals surface area contributed by atoms with E-state index >= 15 is 0 Å². The van der Waals surface area contributed by atoms with Gasteiger partial charge in [0.05, 0.1) is 5.01 Å². The molecule has 7 heteroatoms. The van der Waals surface area contributed by atoms with E-state index in [0.29, 0.717) is 25.2 Å². The number of anilines is 1. The third-order valence-corrected chi connectivity index (χ3v) is 4.69. The molecule has 0 aliphatic carbocycles. The van der Waals surface area contributed by atoms with Crippen LogP contribution in [-0.2, 0) is 16.0 Å². The zero-order valence-corrected chi connectivity index (χ0v) is 13.3. The second-order valence-electron chi connectivity index (χ2n) is 5.33. The first-order valence-electron chi connectivity index (χ1n) is 7.37. The zero-order chi connectivity index (χ0) is 16.3. The van der Waals surface area contributed by atoms with Gasteiger partial charge in [-0.25, -0.2) is 4.98 Å². The van der Waals surface area contributed by atoms with Crippen LogP contribution >= 0.6 is 11.3 Å². The van der Waals surface area contributed by atoms with Crippen molar-refractivity contribution in [2.75, 3.05) is 18.0 Å². The molecule has 0 bridgehead atoms. The molecule has 1 aliphatic heterocycles. The Morgan fingerprint density at radius 3 is 2.87 bits per heavy atom. The lowest BCUT2D eigenvalue weighted by molar-refractivity contribution is -0.149. The average Bonchev–Trinajstić information content (AvgIpc) is 3.18. The number of benzene rings is 1. The molecule has 1 unspecified atom stereocenters. The molecule has 23 heavy (non-hydrogen) atoms. The second-order valence-corrected chi connectivity index (χ2v) is 6.31. The number of carbonyl (C=O) groups is 2. The molecule has 1 saturated heterocycles. The van der Waals surface area contributed by atoms with Gasteiger partial charge >= 0.3 is 0 Å². The minimum atomic E-state index is -1.99. The number of rotatable bonds is 5. The summed E-state index contributed by atoms with van der Waals surface area (Å²) < 4.78 is 0. The summed E-state index contributed by atoms with van der Waals surface area (Å²) >= 11 is 1.50. The van der Waals surface area contributed by atoms with Crippen LogP contribution < -0.4 is 10.2 Å². The molecule has 2 N–H and O–H groups in total. The Bertz CT molecular complexity index is 690. The van der Waals surface area contributed by atoms with Gasteiger partial charge in [-0.3, -0.25) is 9.59 Å². The minimum absolute atomic E-state index is 0.0871. The quantitative estimate of drug-likeness (QED) is 0.800. The average molecular weight is 331 g/mol. The van der Waals surface area contributed by atoms with Crippen molar-refractivity contribution in [1.82, 2.24) is 10.3 Å². The third kappa shape index (κ3) is 3.11. The van der Waals surface area contributed by atoms with Gasteiger partial charge in [0.1, 0.15) is 0 Å². The van der Waals surface area contributed by atoms with Gasteiger partial charge in [-0.15, -0.1) is 11.3 Å². The summed E-state index contributed by atoms with van der Waals surface area (Å²) in [5.74, 6) is -1.21. The number of para-hydroxylation sites is 1. The Morgan fingerprint density at radius 1 is 1.39 bits per heavy atom. The Hall–Kier alpha value is -2.25. The van der Waals surface area contributed by atoms with E-state index in [0.717, 1.165) is 5.01 Å². The van der Waals surface area contributed by atoms with E-state index in [1.165, 1.54) is 16.2 Å². The molecule has 0 saturated carbocycles. The first-order chi connectivity index (χ1) is 11.1. The fourth-order valence-electron chi connectivity index (χ4n) is 2.58. The topological polar surface area (TPSA) is 82.5 Å². The van der Waals surface area contributed by atoms with Gasteiger partial charge in [-0.05, 0) is 12.1 Å². The monoisotopic (exact) mass is 331 g/mol. The van der Waals surface area contributed by atoms with Crippen molar-refractivity contribution in [3.05, 3.63) is 46.9 Å². The van der Waals surface area contributed by atoms with Gasteiger partial charge in [0, 0.05) is 43.2 Å². The van der Waals surface area contributed by atoms with Crippen LogP contribution in [0.25, 0.3) is 0 Å². The predicted octanol–water partition coefficient (Wildman–Crippen LogP) is 0.970. The molecule has 1 aromatic carbocycles. The van der Waals surface area contributed by atoms with E-state index in [2.05, 4.69) is 10.3 Å². The van der Waals surface area contributed by atoms with Crippen LogP contribution in [0, 0.1) is 0 Å². The SMILES string of the molecule is O=C(NCCc1nccs1)C1(O)CCN(c2ccccc2)C1=O. The number of thiazole rings is 1. The molecule has 3 rings (SSSR count). The van der Waals surface area contributed by atoms with E-state index < -0.39 is 17.4 Å². The van der Waals surface area contributed by atoms with Gasteiger partial charge in [-0.2, -0.15) is 0 Å². The molecular formula is C16H17N3O3S. The molecule has 6 nitrogen and oxygen atoms in total. The van der Waals surface area contributed by atoms with Crippen molar-refractivity contribution >= 4 is 28.8 Å². The molecule has 2 aromatic rings. The van der Waals surface area contributed by atoms with Gasteiger partial charge in [-0.1, -0.05) is 18.2 Å². The molecule has 1 aliphatic rings. The fraction of sp³-hybridized carbons (Fsp3) is 0.312. The van der Waals surface area contributed by atoms with Crippen LogP contribution in [-0.4, -0.2) is 40.6 Å². The number of nitrogens with one attached hydrogen (secondary N) is 1. The standard InChI is InChI=1S/C16H17N3O3S/c20-14(18-8-6-13-17-9-11-23-13)16(22)7-10-19(15(16)21)12-4-2-1-3-5-12/h1-5,9,11,22H,6-8,10H2,(H,18,20). The maximum Gasteiger partial charge on any atom is 0.268 e. The fourth-order valence-corrected chi connectivity index (χ4v) is 3.20. The molecule has 0 radical (unpaired) electrons. The number of carbonyl (C=O) groups excluding carboxylic acids is 2. The summed E-state index contributed by atoms with van der Waals surface area (Å²) in [7, 11) is 0. The largest absolute Gasteiger partial charge is 0.372 e. The van der Waals surface area contributed by atoms with Gasteiger partial charge in [0.2, 0.25) is 5.60 Å². The van der Waals surface area contributed by atoms with Gasteiger partial charge < -0.3 is 15.3 Å². The number of aliphatic hydroxyl groups is 1. The maximum absolute atomic E-state index is 12.5. The molecule has 120 valence electrons. The molecular weight excluding hydrogens is 314 g/mol. The van der Waals surface area contributed by atoms with E-state index in [9.17, 15) is 14.7 Å². The first kappa shape index (κ1) is 15.6. The first-order valence-corrected chi connectivity index (χ1v) is 8.25. The number of hydrogen-bond donors (Lipinski definition) is 2. The van der Waals surface area contributed by atoms with Gasteiger partial charge in [0.15, 0.2) is 0 Å². The Labute approximate surface area is 137 Å². The number of nitrogens with zero attached hydrogens (tertiary/aromatic N) is 2. The summed E-state index contributed by atoms with van der Waals surface area (Å²) in [6.07, 6.45) is 2.37. The predicted molar refractivity (Wildman–Crippen MR) is 87.2 cm³/mol. The van der Waals surface area contributed by atoms with Gasteiger partial charge in [0.25, 0.3) is 11.8 Å².